The Morgan fingerprint density at radius 3 is 2.71 bits per heavy atom. The van der Waals surface area contributed by atoms with Crippen LogP contribution in [0, 0.1) is 5.92 Å². The summed E-state index contributed by atoms with van der Waals surface area (Å²) in [6.07, 6.45) is 0.825. The van der Waals surface area contributed by atoms with Gasteiger partial charge in [0.25, 0.3) is 0 Å². The molecule has 1 amide bonds. The number of amides is 1. The highest BCUT2D eigenvalue weighted by Crippen LogP contribution is 2.33. The van der Waals surface area contributed by atoms with Crippen LogP contribution in [0.1, 0.15) is 25.5 Å². The van der Waals surface area contributed by atoms with Crippen LogP contribution < -0.4 is 10.6 Å². The lowest BCUT2D eigenvalue weighted by molar-refractivity contribution is -0.118. The first-order valence-corrected chi connectivity index (χ1v) is 7.80. The summed E-state index contributed by atoms with van der Waals surface area (Å²) in [5, 5.41) is 35.2. The Labute approximate surface area is 138 Å². The zero-order chi connectivity index (χ0) is 17.4. The summed E-state index contributed by atoms with van der Waals surface area (Å²) in [6.45, 7) is 3.27. The van der Waals surface area contributed by atoms with E-state index in [1.165, 1.54) is 6.33 Å². The first-order valence-electron chi connectivity index (χ1n) is 7.80. The van der Waals surface area contributed by atoms with E-state index in [1.807, 2.05) is 0 Å². The first kappa shape index (κ1) is 16.8. The molecule has 24 heavy (non-hydrogen) atoms. The number of aliphatic hydroxyl groups excluding tert-OH is 3. The zero-order valence-electron chi connectivity index (χ0n) is 13.4. The number of aromatic nitrogens is 3. The number of nitrogens with one attached hydrogen (secondary N) is 3. The molecule has 2 aromatic rings. The Bertz CT molecular complexity index is 747. The summed E-state index contributed by atoms with van der Waals surface area (Å²) in [7, 11) is 0. The van der Waals surface area contributed by atoms with Crippen molar-refractivity contribution in [1.29, 1.82) is 0 Å². The number of carbonyl (C=O) groups excluding carboxylic acids is 1. The molecular formula is C15H21N5O4. The van der Waals surface area contributed by atoms with Crippen molar-refractivity contribution in [2.75, 3.05) is 11.9 Å². The van der Waals surface area contributed by atoms with Gasteiger partial charge in [-0.25, -0.2) is 9.97 Å². The molecule has 0 spiro atoms. The van der Waals surface area contributed by atoms with Gasteiger partial charge in [0.15, 0.2) is 5.82 Å². The Morgan fingerprint density at radius 1 is 1.33 bits per heavy atom. The standard InChI is InChI=1S/C15H21N5O4/c1-6(2)15(24)20-14-11-9(17-5-18-14)7(3-16-11)10-13(23)12(22)8(4-21)19-10/h3,5-6,8,10,12-13,16,19,21-23H,4H2,1-2H3,(H,17,18,20,24)/t8-,10+,12-,13+/m1/s1. The molecule has 0 aromatic carbocycles. The molecule has 4 atom stereocenters. The third kappa shape index (κ3) is 2.75. The van der Waals surface area contributed by atoms with Crippen LogP contribution in [0.3, 0.4) is 0 Å². The predicted molar refractivity (Wildman–Crippen MR) is 86.1 cm³/mol. The van der Waals surface area contributed by atoms with Crippen LogP contribution in [0.4, 0.5) is 5.82 Å². The van der Waals surface area contributed by atoms with E-state index in [1.54, 1.807) is 20.0 Å². The van der Waals surface area contributed by atoms with Gasteiger partial charge in [0.2, 0.25) is 5.91 Å². The molecule has 130 valence electrons. The number of H-pyrrole nitrogens is 1. The largest absolute Gasteiger partial charge is 0.395 e. The van der Waals surface area contributed by atoms with Gasteiger partial charge in [-0.1, -0.05) is 13.8 Å². The second-order valence-corrected chi connectivity index (χ2v) is 6.25. The lowest BCUT2D eigenvalue weighted by Crippen LogP contribution is -2.35. The van der Waals surface area contributed by atoms with E-state index in [9.17, 15) is 20.1 Å². The summed E-state index contributed by atoms with van der Waals surface area (Å²) >= 11 is 0. The maximum Gasteiger partial charge on any atom is 0.228 e. The fourth-order valence-electron chi connectivity index (χ4n) is 2.85. The molecule has 1 aliphatic heterocycles. The molecule has 3 heterocycles. The van der Waals surface area contributed by atoms with Crippen molar-refractivity contribution >= 4 is 22.8 Å². The number of aromatic amines is 1. The number of carbonyl (C=O) groups is 1. The Kier molecular flexibility index (Phi) is 4.50. The third-order valence-corrected chi connectivity index (χ3v) is 4.29. The van der Waals surface area contributed by atoms with Gasteiger partial charge in [-0.3, -0.25) is 4.79 Å². The van der Waals surface area contributed by atoms with Gasteiger partial charge in [0, 0.05) is 17.7 Å². The average Bonchev–Trinajstić information content (AvgIpc) is 3.10. The molecule has 1 saturated heterocycles. The molecule has 0 aliphatic carbocycles. The maximum atomic E-state index is 11.9. The van der Waals surface area contributed by atoms with Crippen LogP contribution >= 0.6 is 0 Å². The molecule has 0 bridgehead atoms. The zero-order valence-corrected chi connectivity index (χ0v) is 13.4. The first-order chi connectivity index (χ1) is 11.4. The van der Waals surface area contributed by atoms with Crippen molar-refractivity contribution in [3.05, 3.63) is 18.1 Å². The van der Waals surface area contributed by atoms with Gasteiger partial charge in [-0.15, -0.1) is 0 Å². The lowest BCUT2D eigenvalue weighted by Gasteiger charge is -2.15. The quantitative estimate of drug-likeness (QED) is 0.433. The van der Waals surface area contributed by atoms with Gasteiger partial charge in [0.05, 0.1) is 30.3 Å². The highest BCUT2D eigenvalue weighted by atomic mass is 16.3. The molecular weight excluding hydrogens is 314 g/mol. The van der Waals surface area contributed by atoms with Gasteiger partial charge in [-0.05, 0) is 0 Å². The Morgan fingerprint density at radius 2 is 2.08 bits per heavy atom. The van der Waals surface area contributed by atoms with Crippen LogP contribution in [0.25, 0.3) is 11.0 Å². The van der Waals surface area contributed by atoms with Crippen LogP contribution in [0.5, 0.6) is 0 Å². The number of anilines is 1. The predicted octanol–water partition coefficient (Wildman–Crippen LogP) is -0.721. The Balaban J connectivity index is 1.96. The number of hydrogen-bond acceptors (Lipinski definition) is 7. The number of nitrogens with zero attached hydrogens (tertiary/aromatic N) is 2. The van der Waals surface area contributed by atoms with E-state index < -0.39 is 24.3 Å². The molecule has 9 nitrogen and oxygen atoms in total. The highest BCUT2D eigenvalue weighted by Gasteiger charge is 2.42. The summed E-state index contributed by atoms with van der Waals surface area (Å²) in [5.41, 5.74) is 1.71. The van der Waals surface area contributed by atoms with Gasteiger partial charge in [0.1, 0.15) is 17.9 Å². The number of rotatable bonds is 4. The van der Waals surface area contributed by atoms with E-state index in [0.717, 1.165) is 0 Å². The lowest BCUT2D eigenvalue weighted by atomic mass is 10.0. The molecule has 9 heteroatoms. The van der Waals surface area contributed by atoms with Crippen molar-refractivity contribution in [3.63, 3.8) is 0 Å². The van der Waals surface area contributed by atoms with Gasteiger partial charge < -0.3 is 30.9 Å². The van der Waals surface area contributed by atoms with E-state index in [2.05, 4.69) is 25.6 Å². The molecule has 3 rings (SSSR count). The van der Waals surface area contributed by atoms with Crippen molar-refractivity contribution in [1.82, 2.24) is 20.3 Å². The topological polar surface area (TPSA) is 143 Å². The molecule has 1 fully saturated rings. The smallest absolute Gasteiger partial charge is 0.228 e. The van der Waals surface area contributed by atoms with Crippen molar-refractivity contribution in [3.8, 4) is 0 Å². The van der Waals surface area contributed by atoms with Crippen molar-refractivity contribution in [2.45, 2.75) is 38.1 Å². The van der Waals surface area contributed by atoms with Crippen LogP contribution in [-0.2, 0) is 4.79 Å². The van der Waals surface area contributed by atoms with Crippen molar-refractivity contribution in [2.24, 2.45) is 5.92 Å². The third-order valence-electron chi connectivity index (χ3n) is 4.29. The normalized spacial score (nSPS) is 27.1. The number of aliphatic hydroxyl groups is 3. The fraction of sp³-hybridized carbons (Fsp3) is 0.533. The van der Waals surface area contributed by atoms with Crippen molar-refractivity contribution < 1.29 is 20.1 Å². The molecule has 6 N–H and O–H groups in total. The average molecular weight is 335 g/mol. The van der Waals surface area contributed by atoms with E-state index in [-0.39, 0.29) is 18.4 Å². The van der Waals surface area contributed by atoms with Crippen LogP contribution in [0.15, 0.2) is 12.5 Å². The molecule has 1 aliphatic rings. The Hall–Kier alpha value is -2.07. The number of fused-ring (bicyclic) bond motifs is 1. The second-order valence-electron chi connectivity index (χ2n) is 6.25. The molecule has 0 saturated carbocycles. The molecule has 0 radical (unpaired) electrons. The monoisotopic (exact) mass is 335 g/mol. The summed E-state index contributed by atoms with van der Waals surface area (Å²) in [4.78, 5) is 23.2. The fourth-order valence-corrected chi connectivity index (χ4v) is 2.85. The second kappa shape index (κ2) is 6.44. The SMILES string of the molecule is CC(C)C(=O)Nc1ncnc2c([C@@H]3N[C@H](CO)[C@@H](O)[C@H]3O)c[nH]c12. The van der Waals surface area contributed by atoms with Crippen LogP contribution in [0.2, 0.25) is 0 Å². The number of hydrogen-bond donors (Lipinski definition) is 6. The maximum absolute atomic E-state index is 11.9. The molecule has 0 unspecified atom stereocenters. The highest BCUT2D eigenvalue weighted by molar-refractivity contribution is 5.99. The van der Waals surface area contributed by atoms with E-state index in [4.69, 9.17) is 0 Å². The molecule has 2 aromatic heterocycles. The summed E-state index contributed by atoms with van der Waals surface area (Å²) in [5.74, 6) is 0.000801. The minimum absolute atomic E-state index is 0.166. The van der Waals surface area contributed by atoms with Gasteiger partial charge >= 0.3 is 0 Å². The minimum Gasteiger partial charge on any atom is -0.395 e. The van der Waals surface area contributed by atoms with Crippen LogP contribution in [-0.4, -0.2) is 61.0 Å². The van der Waals surface area contributed by atoms with Gasteiger partial charge in [-0.2, -0.15) is 0 Å². The summed E-state index contributed by atoms with van der Waals surface area (Å²) in [6, 6.07) is -1.20. The minimum atomic E-state index is -1.08. The van der Waals surface area contributed by atoms with E-state index >= 15 is 0 Å². The van der Waals surface area contributed by atoms with E-state index in [0.29, 0.717) is 22.4 Å². The summed E-state index contributed by atoms with van der Waals surface area (Å²) < 4.78 is 0.